The van der Waals surface area contributed by atoms with Gasteiger partial charge < -0.3 is 15.0 Å². The van der Waals surface area contributed by atoms with Gasteiger partial charge in [-0.15, -0.1) is 0 Å². The number of carbonyl (C=O) groups excluding carboxylic acids is 1. The zero-order chi connectivity index (χ0) is 19.4. The van der Waals surface area contributed by atoms with Crippen LogP contribution in [0.1, 0.15) is 25.3 Å². The summed E-state index contributed by atoms with van der Waals surface area (Å²) in [5.41, 5.74) is 0.777. The van der Waals surface area contributed by atoms with Crippen LogP contribution in [0.3, 0.4) is 0 Å². The maximum absolute atomic E-state index is 11.7. The van der Waals surface area contributed by atoms with E-state index in [9.17, 15) is 20.2 Å². The highest BCUT2D eigenvalue weighted by molar-refractivity contribution is 5.88. The monoisotopic (exact) mass is 369 g/mol. The fourth-order valence-corrected chi connectivity index (χ4v) is 3.21. The number of rotatable bonds is 4. The second-order valence-corrected chi connectivity index (χ2v) is 6.25. The number of carbonyl (C=O) groups is 1. The molecule has 0 spiro atoms. The molecule has 2 aromatic rings. The van der Waals surface area contributed by atoms with Gasteiger partial charge in [0.25, 0.3) is 5.69 Å². The average Bonchev–Trinajstić information content (AvgIpc) is 2.67. The van der Waals surface area contributed by atoms with Crippen LogP contribution >= 0.6 is 0 Å². The van der Waals surface area contributed by atoms with E-state index in [0.717, 1.165) is 19.4 Å². The lowest BCUT2D eigenvalue weighted by Gasteiger charge is -2.33. The van der Waals surface area contributed by atoms with Crippen molar-refractivity contribution >= 4 is 28.5 Å². The molecule has 0 bridgehead atoms. The Kier molecular flexibility index (Phi) is 5.35. The highest BCUT2D eigenvalue weighted by Gasteiger charge is 2.24. The van der Waals surface area contributed by atoms with Crippen molar-refractivity contribution < 1.29 is 14.5 Å². The molecule has 1 aliphatic rings. The van der Waals surface area contributed by atoms with E-state index >= 15 is 0 Å². The van der Waals surface area contributed by atoms with Crippen LogP contribution in [-0.2, 0) is 4.74 Å². The molecule has 0 saturated carbocycles. The van der Waals surface area contributed by atoms with E-state index in [0.29, 0.717) is 35.4 Å². The number of piperidine rings is 1. The largest absolute Gasteiger partial charge is 0.450 e. The number of nitrogens with zero attached hydrogens (tertiary/aromatic N) is 4. The van der Waals surface area contributed by atoms with Gasteiger partial charge in [-0.3, -0.25) is 10.1 Å². The Morgan fingerprint density at radius 2 is 2.33 bits per heavy atom. The van der Waals surface area contributed by atoms with Crippen LogP contribution < -0.4 is 10.2 Å². The summed E-state index contributed by atoms with van der Waals surface area (Å²) in [6.45, 7) is 3.36. The first-order valence-corrected chi connectivity index (χ1v) is 8.69. The van der Waals surface area contributed by atoms with Crippen LogP contribution in [0.25, 0.3) is 10.9 Å². The van der Waals surface area contributed by atoms with Gasteiger partial charge in [-0.1, -0.05) is 0 Å². The zero-order valence-electron chi connectivity index (χ0n) is 14.8. The van der Waals surface area contributed by atoms with Crippen molar-refractivity contribution in [3.63, 3.8) is 0 Å². The molecule has 1 aromatic heterocycles. The van der Waals surface area contributed by atoms with Crippen molar-refractivity contribution in [3.05, 3.63) is 39.9 Å². The summed E-state index contributed by atoms with van der Waals surface area (Å²) in [6, 6.07) is 7.96. The van der Waals surface area contributed by atoms with Gasteiger partial charge in [0, 0.05) is 36.7 Å². The first kappa shape index (κ1) is 18.4. The van der Waals surface area contributed by atoms with Gasteiger partial charge in [0.2, 0.25) is 0 Å². The van der Waals surface area contributed by atoms with Gasteiger partial charge in [-0.05, 0) is 31.9 Å². The Morgan fingerprint density at radius 1 is 1.52 bits per heavy atom. The molecule has 2 heterocycles. The van der Waals surface area contributed by atoms with Crippen LogP contribution in [0.2, 0.25) is 0 Å². The lowest BCUT2D eigenvalue weighted by atomic mass is 10.0. The molecule has 9 nitrogen and oxygen atoms in total. The van der Waals surface area contributed by atoms with E-state index in [1.165, 1.54) is 12.1 Å². The number of amides is 1. The lowest BCUT2D eigenvalue weighted by Crippen LogP contribution is -2.48. The number of benzene rings is 1. The smallest absolute Gasteiger partial charge is 0.407 e. The number of non-ortho nitro benzene ring substituents is 1. The SMILES string of the molecule is CCOC(=O)NC1CCCN(c2cc(C#N)c3cc([N+](=O)[O-])ccc3n2)C1. The minimum absolute atomic E-state index is 0.0716. The first-order valence-electron chi connectivity index (χ1n) is 8.69. The van der Waals surface area contributed by atoms with Gasteiger partial charge in [-0.25, -0.2) is 9.78 Å². The van der Waals surface area contributed by atoms with E-state index in [4.69, 9.17) is 4.74 Å². The number of anilines is 1. The number of hydrogen-bond donors (Lipinski definition) is 1. The Hall–Kier alpha value is -3.41. The van der Waals surface area contributed by atoms with E-state index in [1.54, 1.807) is 19.1 Å². The lowest BCUT2D eigenvalue weighted by molar-refractivity contribution is -0.384. The van der Waals surface area contributed by atoms with Crippen LogP contribution in [0.15, 0.2) is 24.3 Å². The number of nitro groups is 1. The Labute approximate surface area is 155 Å². The predicted molar refractivity (Wildman–Crippen MR) is 98.5 cm³/mol. The quantitative estimate of drug-likeness (QED) is 0.649. The van der Waals surface area contributed by atoms with Crippen molar-refractivity contribution in [2.45, 2.75) is 25.8 Å². The topological polar surface area (TPSA) is 121 Å². The summed E-state index contributed by atoms with van der Waals surface area (Å²) in [6.07, 6.45) is 1.25. The molecule has 1 aliphatic heterocycles. The number of nitro benzene ring substituents is 1. The van der Waals surface area contributed by atoms with Gasteiger partial charge >= 0.3 is 6.09 Å². The van der Waals surface area contributed by atoms with Crippen LogP contribution in [0.5, 0.6) is 0 Å². The predicted octanol–water partition coefficient (Wildman–Crippen LogP) is 2.73. The molecule has 1 N–H and O–H groups in total. The molecule has 1 fully saturated rings. The molecule has 9 heteroatoms. The van der Waals surface area contributed by atoms with Crippen molar-refractivity contribution in [1.29, 1.82) is 5.26 Å². The third-order valence-electron chi connectivity index (χ3n) is 4.45. The van der Waals surface area contributed by atoms with Crippen LogP contribution in [0, 0.1) is 21.4 Å². The summed E-state index contributed by atoms with van der Waals surface area (Å²) in [4.78, 5) is 28.7. The standard InChI is InChI=1S/C18H19N5O4/c1-2-27-18(24)20-13-4-3-7-22(11-13)17-8-12(10-19)15-9-14(23(25)26)5-6-16(15)21-17/h5-6,8-9,13H,2-4,7,11H2,1H3,(H,20,24). The number of alkyl carbamates (subject to hydrolysis) is 1. The molecule has 27 heavy (non-hydrogen) atoms. The van der Waals surface area contributed by atoms with Crippen LogP contribution in [0.4, 0.5) is 16.3 Å². The zero-order valence-corrected chi connectivity index (χ0v) is 14.8. The van der Waals surface area contributed by atoms with E-state index in [-0.39, 0.29) is 11.7 Å². The normalized spacial score (nSPS) is 16.6. The van der Waals surface area contributed by atoms with E-state index < -0.39 is 11.0 Å². The maximum atomic E-state index is 11.7. The molecule has 3 rings (SSSR count). The Morgan fingerprint density at radius 3 is 3.04 bits per heavy atom. The molecule has 1 atom stereocenters. The minimum atomic E-state index is -0.495. The molecule has 140 valence electrons. The molecule has 1 aromatic carbocycles. The third kappa shape index (κ3) is 4.06. The van der Waals surface area contributed by atoms with E-state index in [2.05, 4.69) is 16.4 Å². The number of ether oxygens (including phenoxy) is 1. The second kappa shape index (κ2) is 7.86. The summed E-state index contributed by atoms with van der Waals surface area (Å²) in [5.74, 6) is 0.614. The van der Waals surface area contributed by atoms with Gasteiger partial charge in [0.15, 0.2) is 0 Å². The summed E-state index contributed by atoms with van der Waals surface area (Å²) in [7, 11) is 0. The van der Waals surface area contributed by atoms with Gasteiger partial charge in [0.05, 0.1) is 28.7 Å². The number of nitrogens with one attached hydrogen (secondary N) is 1. The molecule has 1 saturated heterocycles. The number of aromatic nitrogens is 1. The Balaban J connectivity index is 1.88. The molecular formula is C18H19N5O4. The molecule has 0 radical (unpaired) electrons. The van der Waals surface area contributed by atoms with Crippen molar-refractivity contribution in [1.82, 2.24) is 10.3 Å². The van der Waals surface area contributed by atoms with Gasteiger partial charge in [-0.2, -0.15) is 5.26 Å². The summed E-state index contributed by atoms with van der Waals surface area (Å²) in [5, 5.41) is 23.7. The average molecular weight is 369 g/mol. The first-order chi connectivity index (χ1) is 13.0. The fraction of sp³-hybridized carbons (Fsp3) is 0.389. The summed E-state index contributed by atoms with van der Waals surface area (Å²) >= 11 is 0. The molecule has 0 aliphatic carbocycles. The maximum Gasteiger partial charge on any atom is 0.407 e. The summed E-state index contributed by atoms with van der Waals surface area (Å²) < 4.78 is 4.93. The third-order valence-corrected chi connectivity index (χ3v) is 4.45. The van der Waals surface area contributed by atoms with Crippen molar-refractivity contribution in [2.75, 3.05) is 24.6 Å². The Bertz CT molecular complexity index is 924. The van der Waals surface area contributed by atoms with Gasteiger partial charge in [0.1, 0.15) is 5.82 Å². The number of fused-ring (bicyclic) bond motifs is 1. The number of hydrogen-bond acceptors (Lipinski definition) is 7. The molecule has 1 unspecified atom stereocenters. The second-order valence-electron chi connectivity index (χ2n) is 6.25. The fourth-order valence-electron chi connectivity index (χ4n) is 3.21. The highest BCUT2D eigenvalue weighted by atomic mass is 16.6. The van der Waals surface area contributed by atoms with E-state index in [1.807, 2.05) is 4.90 Å². The molecular weight excluding hydrogens is 350 g/mol. The minimum Gasteiger partial charge on any atom is -0.450 e. The van der Waals surface area contributed by atoms with Crippen molar-refractivity contribution in [2.24, 2.45) is 0 Å². The van der Waals surface area contributed by atoms with Crippen LogP contribution in [-0.4, -0.2) is 41.7 Å². The number of nitriles is 1. The highest BCUT2D eigenvalue weighted by Crippen LogP contribution is 2.27. The van der Waals surface area contributed by atoms with Crippen molar-refractivity contribution in [3.8, 4) is 6.07 Å². The molecule has 1 amide bonds. The number of pyridine rings is 1.